The number of hydrogen-bond acceptors (Lipinski definition) is 6. The highest BCUT2D eigenvalue weighted by Gasteiger charge is 2.12. The van der Waals surface area contributed by atoms with E-state index in [2.05, 4.69) is 44.1 Å². The Kier molecular flexibility index (Phi) is 8.12. The Bertz CT molecular complexity index is 972. The zero-order valence-electron chi connectivity index (χ0n) is 18.6. The van der Waals surface area contributed by atoms with Crippen molar-refractivity contribution in [2.24, 2.45) is 0 Å². The first-order valence-electron chi connectivity index (χ1n) is 10.6. The van der Waals surface area contributed by atoms with Crippen molar-refractivity contribution in [1.82, 2.24) is 15.3 Å². The van der Waals surface area contributed by atoms with Crippen LogP contribution in [0.5, 0.6) is 0 Å². The maximum atomic E-state index is 12.3. The van der Waals surface area contributed by atoms with Gasteiger partial charge in [0.2, 0.25) is 0 Å². The van der Waals surface area contributed by atoms with E-state index in [0.717, 1.165) is 46.7 Å². The van der Waals surface area contributed by atoms with Crippen LogP contribution in [0.15, 0.2) is 58.3 Å². The summed E-state index contributed by atoms with van der Waals surface area (Å²) in [4.78, 5) is 24.0. The first-order chi connectivity index (χ1) is 15.0. The molecular formula is C24H30N4O2S. The minimum absolute atomic E-state index is 0.118. The maximum Gasteiger partial charge on any atom is 0.251 e. The Morgan fingerprint density at radius 3 is 2.61 bits per heavy atom. The normalized spacial score (nSPS) is 11.0. The van der Waals surface area contributed by atoms with Crippen molar-refractivity contribution in [2.45, 2.75) is 50.6 Å². The topological polar surface area (TPSA) is 71.3 Å². The zero-order chi connectivity index (χ0) is 22.2. The van der Waals surface area contributed by atoms with Crippen LogP contribution in [-0.4, -0.2) is 29.5 Å². The number of anilines is 1. The third-order valence-corrected chi connectivity index (χ3v) is 5.76. The largest absolute Gasteiger partial charge is 0.467 e. The molecule has 0 atom stereocenters. The fourth-order valence-electron chi connectivity index (χ4n) is 3.02. The number of thioether (sulfide) groups is 1. The van der Waals surface area contributed by atoms with Crippen molar-refractivity contribution in [1.29, 1.82) is 0 Å². The van der Waals surface area contributed by atoms with E-state index in [9.17, 15) is 4.79 Å². The molecule has 2 heterocycles. The number of benzene rings is 1. The van der Waals surface area contributed by atoms with Gasteiger partial charge >= 0.3 is 0 Å². The van der Waals surface area contributed by atoms with E-state index in [1.165, 1.54) is 0 Å². The van der Waals surface area contributed by atoms with Gasteiger partial charge in [0.25, 0.3) is 5.91 Å². The van der Waals surface area contributed by atoms with E-state index in [-0.39, 0.29) is 5.91 Å². The molecule has 0 radical (unpaired) electrons. The van der Waals surface area contributed by atoms with Crippen molar-refractivity contribution in [3.8, 4) is 0 Å². The predicted molar refractivity (Wildman–Crippen MR) is 126 cm³/mol. The van der Waals surface area contributed by atoms with Crippen LogP contribution in [0.2, 0.25) is 0 Å². The molecule has 3 rings (SSSR count). The minimum atomic E-state index is -0.118. The minimum Gasteiger partial charge on any atom is -0.467 e. The molecule has 0 aliphatic carbocycles. The second-order valence-electron chi connectivity index (χ2n) is 7.76. The number of hydrogen-bond donors (Lipinski definition) is 1. The van der Waals surface area contributed by atoms with E-state index in [1.807, 2.05) is 30.3 Å². The average molecular weight is 439 g/mol. The van der Waals surface area contributed by atoms with Gasteiger partial charge in [-0.2, -0.15) is 0 Å². The fraction of sp³-hybridized carbons (Fsp3) is 0.375. The lowest BCUT2D eigenvalue weighted by Crippen LogP contribution is -2.22. The molecule has 0 spiro atoms. The highest BCUT2D eigenvalue weighted by Crippen LogP contribution is 2.25. The van der Waals surface area contributed by atoms with Gasteiger partial charge in [-0.3, -0.25) is 4.79 Å². The number of furan rings is 1. The van der Waals surface area contributed by atoms with E-state index >= 15 is 0 Å². The summed E-state index contributed by atoms with van der Waals surface area (Å²) >= 11 is 1.62. The van der Waals surface area contributed by atoms with E-state index < -0.39 is 0 Å². The van der Waals surface area contributed by atoms with Crippen molar-refractivity contribution >= 4 is 23.5 Å². The summed E-state index contributed by atoms with van der Waals surface area (Å²) < 4.78 is 5.24. The van der Waals surface area contributed by atoms with Gasteiger partial charge in [-0.25, -0.2) is 9.97 Å². The molecule has 0 saturated carbocycles. The molecule has 3 aromatic rings. The summed E-state index contributed by atoms with van der Waals surface area (Å²) in [6.45, 7) is 7.80. The third kappa shape index (κ3) is 6.59. The second kappa shape index (κ2) is 11.0. The second-order valence-corrected chi connectivity index (χ2v) is 8.70. The highest BCUT2D eigenvalue weighted by atomic mass is 32.2. The van der Waals surface area contributed by atoms with Crippen LogP contribution in [-0.2, 0) is 12.3 Å². The fourth-order valence-corrected chi connectivity index (χ4v) is 3.84. The van der Waals surface area contributed by atoms with Gasteiger partial charge < -0.3 is 14.6 Å². The van der Waals surface area contributed by atoms with Crippen LogP contribution in [0, 0.1) is 0 Å². The molecule has 0 fully saturated rings. The van der Waals surface area contributed by atoms with E-state index in [4.69, 9.17) is 14.4 Å². The van der Waals surface area contributed by atoms with E-state index in [0.29, 0.717) is 18.0 Å². The molecule has 1 N–H and O–H groups in total. The van der Waals surface area contributed by atoms with Gasteiger partial charge in [-0.05, 0) is 42.2 Å². The Morgan fingerprint density at radius 2 is 1.97 bits per heavy atom. The number of amides is 1. The first kappa shape index (κ1) is 22.9. The quantitative estimate of drug-likeness (QED) is 0.344. The van der Waals surface area contributed by atoms with Crippen molar-refractivity contribution in [2.75, 3.05) is 18.5 Å². The lowest BCUT2D eigenvalue weighted by molar-refractivity contribution is 0.0948. The predicted octanol–water partition coefficient (Wildman–Crippen LogP) is 5.26. The molecule has 1 amide bonds. The Balaban J connectivity index is 1.62. The van der Waals surface area contributed by atoms with Gasteiger partial charge in [0.15, 0.2) is 5.16 Å². The Morgan fingerprint density at radius 1 is 1.19 bits per heavy atom. The summed E-state index contributed by atoms with van der Waals surface area (Å²) in [5, 5.41) is 3.64. The number of nitrogens with zero attached hydrogens (tertiary/aromatic N) is 3. The van der Waals surface area contributed by atoms with Gasteiger partial charge in [0, 0.05) is 36.7 Å². The monoisotopic (exact) mass is 438 g/mol. The van der Waals surface area contributed by atoms with Crippen molar-refractivity contribution < 1.29 is 9.21 Å². The lowest BCUT2D eigenvalue weighted by Gasteiger charge is -2.19. The molecular weight excluding hydrogens is 408 g/mol. The number of carbonyl (C=O) groups is 1. The number of aromatic nitrogens is 2. The number of nitrogens with one attached hydrogen (secondary N) is 1. The molecule has 0 saturated heterocycles. The van der Waals surface area contributed by atoms with Gasteiger partial charge in [-0.1, -0.05) is 44.7 Å². The molecule has 1 aromatic carbocycles. The Hall–Kier alpha value is -2.80. The Labute approximate surface area is 188 Å². The maximum absolute atomic E-state index is 12.3. The molecule has 2 aromatic heterocycles. The highest BCUT2D eigenvalue weighted by molar-refractivity contribution is 7.98. The van der Waals surface area contributed by atoms with E-state index in [1.54, 1.807) is 24.1 Å². The van der Waals surface area contributed by atoms with Gasteiger partial charge in [0.1, 0.15) is 11.6 Å². The van der Waals surface area contributed by atoms with Crippen molar-refractivity contribution in [3.63, 3.8) is 0 Å². The molecule has 31 heavy (non-hydrogen) atoms. The number of rotatable bonds is 10. The van der Waals surface area contributed by atoms with Gasteiger partial charge in [0.05, 0.1) is 12.8 Å². The molecule has 0 aliphatic rings. The summed E-state index contributed by atoms with van der Waals surface area (Å²) in [5.74, 6) is 2.66. The smallest absolute Gasteiger partial charge is 0.251 e. The standard InChI is InChI=1S/C24H30N4O2S/c1-5-12-28(4)22-14-21(17(2)3)26-24(27-22)31-16-18-8-10-19(11-9-18)23(29)25-15-20-7-6-13-30-20/h6-11,13-14,17H,5,12,15-16H2,1-4H3,(H,25,29). The summed E-state index contributed by atoms with van der Waals surface area (Å²) in [6.07, 6.45) is 2.67. The van der Waals surface area contributed by atoms with Crippen LogP contribution in [0.3, 0.4) is 0 Å². The molecule has 164 valence electrons. The molecule has 0 aliphatic heterocycles. The SMILES string of the molecule is CCCN(C)c1cc(C(C)C)nc(SCc2ccc(C(=O)NCc3ccco3)cc2)n1. The number of carbonyl (C=O) groups excluding carboxylic acids is 1. The van der Waals surface area contributed by atoms with Crippen molar-refractivity contribution in [3.05, 3.63) is 71.3 Å². The van der Waals surface area contributed by atoms with Crippen LogP contribution in [0.4, 0.5) is 5.82 Å². The van der Waals surface area contributed by atoms with Crippen LogP contribution in [0.25, 0.3) is 0 Å². The lowest BCUT2D eigenvalue weighted by atomic mass is 10.1. The zero-order valence-corrected chi connectivity index (χ0v) is 19.4. The average Bonchev–Trinajstić information content (AvgIpc) is 3.30. The first-order valence-corrected chi connectivity index (χ1v) is 11.6. The van der Waals surface area contributed by atoms with Gasteiger partial charge in [-0.15, -0.1) is 0 Å². The molecule has 0 unspecified atom stereocenters. The molecule has 6 nitrogen and oxygen atoms in total. The molecule has 0 bridgehead atoms. The van der Waals surface area contributed by atoms with Crippen LogP contribution in [0.1, 0.15) is 60.5 Å². The molecule has 7 heteroatoms. The van der Waals surface area contributed by atoms with Crippen LogP contribution >= 0.6 is 11.8 Å². The van der Waals surface area contributed by atoms with Crippen LogP contribution < -0.4 is 10.2 Å². The summed E-state index contributed by atoms with van der Waals surface area (Å²) in [6, 6.07) is 13.4. The summed E-state index contributed by atoms with van der Waals surface area (Å²) in [5.41, 5.74) is 2.80. The summed E-state index contributed by atoms with van der Waals surface area (Å²) in [7, 11) is 2.07. The third-order valence-electron chi connectivity index (χ3n) is 4.84.